The third kappa shape index (κ3) is 2.00. The SMILES string of the molecule is CC(O)(CC=O)c1sccc1C(=O)O. The van der Waals surface area contributed by atoms with Gasteiger partial charge < -0.3 is 15.0 Å². The number of aliphatic hydroxyl groups is 1. The number of carbonyl (C=O) groups excluding carboxylic acids is 1. The summed E-state index contributed by atoms with van der Waals surface area (Å²) in [4.78, 5) is 21.4. The Morgan fingerprint density at radius 3 is 2.86 bits per heavy atom. The Labute approximate surface area is 84.8 Å². The summed E-state index contributed by atoms with van der Waals surface area (Å²) in [5.41, 5.74) is -1.33. The number of carboxylic acid groups (broad SMARTS) is 1. The Bertz CT molecular complexity index is 353. The van der Waals surface area contributed by atoms with Gasteiger partial charge in [0, 0.05) is 6.42 Å². The van der Waals surface area contributed by atoms with Gasteiger partial charge in [-0.25, -0.2) is 4.79 Å². The van der Waals surface area contributed by atoms with E-state index in [0.717, 1.165) is 11.3 Å². The van der Waals surface area contributed by atoms with Crippen LogP contribution in [0.5, 0.6) is 0 Å². The number of rotatable bonds is 4. The van der Waals surface area contributed by atoms with E-state index in [4.69, 9.17) is 5.11 Å². The maximum atomic E-state index is 10.7. The van der Waals surface area contributed by atoms with Crippen LogP contribution in [0.3, 0.4) is 0 Å². The number of hydrogen-bond acceptors (Lipinski definition) is 4. The molecular weight excluding hydrogens is 204 g/mol. The summed E-state index contributed by atoms with van der Waals surface area (Å²) in [6, 6.07) is 1.42. The molecule has 0 aliphatic carbocycles. The second kappa shape index (κ2) is 3.89. The van der Waals surface area contributed by atoms with Crippen molar-refractivity contribution in [1.82, 2.24) is 0 Å². The molecule has 0 bridgehead atoms. The highest BCUT2D eigenvalue weighted by Crippen LogP contribution is 2.31. The van der Waals surface area contributed by atoms with Gasteiger partial charge in [-0.2, -0.15) is 0 Å². The first kappa shape index (κ1) is 10.9. The van der Waals surface area contributed by atoms with Crippen LogP contribution in [0, 0.1) is 0 Å². The minimum absolute atomic E-state index is 0.0573. The normalized spacial score (nSPS) is 14.7. The van der Waals surface area contributed by atoms with Crippen LogP contribution >= 0.6 is 11.3 Å². The molecule has 76 valence electrons. The third-order valence-corrected chi connectivity index (χ3v) is 3.03. The van der Waals surface area contributed by atoms with Crippen molar-refractivity contribution in [1.29, 1.82) is 0 Å². The zero-order valence-electron chi connectivity index (χ0n) is 7.56. The Hall–Kier alpha value is -1.20. The van der Waals surface area contributed by atoms with Crippen molar-refractivity contribution in [3.05, 3.63) is 21.9 Å². The Balaban J connectivity index is 3.11. The molecular formula is C9H10O4S. The van der Waals surface area contributed by atoms with Crippen LogP contribution in [-0.4, -0.2) is 22.5 Å². The predicted molar refractivity (Wildman–Crippen MR) is 51.5 cm³/mol. The van der Waals surface area contributed by atoms with Gasteiger partial charge in [-0.15, -0.1) is 11.3 Å². The Morgan fingerprint density at radius 2 is 2.36 bits per heavy atom. The number of carbonyl (C=O) groups is 2. The summed E-state index contributed by atoms with van der Waals surface area (Å²) in [7, 11) is 0. The number of carboxylic acids is 1. The third-order valence-electron chi connectivity index (χ3n) is 1.87. The first-order chi connectivity index (χ1) is 6.49. The fourth-order valence-corrected chi connectivity index (χ4v) is 2.11. The van der Waals surface area contributed by atoms with Gasteiger partial charge in [0.2, 0.25) is 0 Å². The summed E-state index contributed by atoms with van der Waals surface area (Å²) < 4.78 is 0. The lowest BCUT2D eigenvalue weighted by Crippen LogP contribution is -2.22. The second-order valence-corrected chi connectivity index (χ2v) is 4.03. The van der Waals surface area contributed by atoms with Crippen LogP contribution in [-0.2, 0) is 10.4 Å². The van der Waals surface area contributed by atoms with Crippen molar-refractivity contribution in [3.8, 4) is 0 Å². The summed E-state index contributed by atoms with van der Waals surface area (Å²) in [5.74, 6) is -1.09. The van der Waals surface area contributed by atoms with Crippen molar-refractivity contribution in [3.63, 3.8) is 0 Å². The molecule has 0 aromatic carbocycles. The van der Waals surface area contributed by atoms with Crippen molar-refractivity contribution < 1.29 is 19.8 Å². The Morgan fingerprint density at radius 1 is 1.71 bits per heavy atom. The van der Waals surface area contributed by atoms with E-state index in [9.17, 15) is 14.7 Å². The van der Waals surface area contributed by atoms with E-state index >= 15 is 0 Å². The fraction of sp³-hybridized carbons (Fsp3) is 0.333. The number of hydrogen-bond donors (Lipinski definition) is 2. The van der Waals surface area contributed by atoms with Crippen LogP contribution in [0.4, 0.5) is 0 Å². The first-order valence-corrected chi connectivity index (χ1v) is 4.84. The van der Waals surface area contributed by atoms with Crippen LogP contribution in [0.15, 0.2) is 11.4 Å². The standard InChI is InChI=1S/C9H10O4S/c1-9(13,3-4-10)7-6(8(11)12)2-5-14-7/h2,4-5,13H,3H2,1H3,(H,11,12). The topological polar surface area (TPSA) is 74.6 Å². The van der Waals surface area contributed by atoms with E-state index in [1.165, 1.54) is 13.0 Å². The summed E-state index contributed by atoms with van der Waals surface area (Å²) in [6.07, 6.45) is 0.471. The average molecular weight is 214 g/mol. The first-order valence-electron chi connectivity index (χ1n) is 3.96. The molecule has 1 aromatic rings. The van der Waals surface area contributed by atoms with Crippen molar-refractivity contribution in [2.45, 2.75) is 18.9 Å². The molecule has 4 nitrogen and oxygen atoms in total. The highest BCUT2D eigenvalue weighted by molar-refractivity contribution is 7.10. The van der Waals surface area contributed by atoms with Crippen molar-refractivity contribution in [2.24, 2.45) is 0 Å². The minimum atomic E-state index is -1.39. The molecule has 2 N–H and O–H groups in total. The lowest BCUT2D eigenvalue weighted by molar-refractivity contribution is -0.111. The Kier molecular flexibility index (Phi) is 3.03. The van der Waals surface area contributed by atoms with Crippen molar-refractivity contribution in [2.75, 3.05) is 0 Å². The molecule has 0 amide bonds. The van der Waals surface area contributed by atoms with Gasteiger partial charge in [-0.05, 0) is 18.4 Å². The minimum Gasteiger partial charge on any atom is -0.478 e. The molecule has 1 rings (SSSR count). The monoisotopic (exact) mass is 214 g/mol. The van der Waals surface area contributed by atoms with Gasteiger partial charge in [0.15, 0.2) is 0 Å². The van der Waals surface area contributed by atoms with Gasteiger partial charge >= 0.3 is 5.97 Å². The van der Waals surface area contributed by atoms with E-state index in [2.05, 4.69) is 0 Å². The average Bonchev–Trinajstić information content (AvgIpc) is 2.51. The quantitative estimate of drug-likeness (QED) is 0.739. The summed E-state index contributed by atoms with van der Waals surface area (Å²) in [6.45, 7) is 1.43. The molecule has 0 spiro atoms. The fourth-order valence-electron chi connectivity index (χ4n) is 1.15. The molecule has 1 aromatic heterocycles. The van der Waals surface area contributed by atoms with Crippen LogP contribution < -0.4 is 0 Å². The molecule has 0 saturated heterocycles. The highest BCUT2D eigenvalue weighted by atomic mass is 32.1. The van der Waals surface area contributed by atoms with Crippen LogP contribution in [0.1, 0.15) is 28.6 Å². The maximum absolute atomic E-state index is 10.7. The zero-order chi connectivity index (χ0) is 10.8. The van der Waals surface area contributed by atoms with Crippen LogP contribution in [0.2, 0.25) is 0 Å². The molecule has 0 fully saturated rings. The van der Waals surface area contributed by atoms with Gasteiger partial charge in [0.05, 0.1) is 10.4 Å². The molecule has 5 heteroatoms. The van der Waals surface area contributed by atoms with Crippen LogP contribution in [0.25, 0.3) is 0 Å². The van der Waals surface area contributed by atoms with E-state index < -0.39 is 11.6 Å². The molecule has 0 aliphatic heterocycles. The highest BCUT2D eigenvalue weighted by Gasteiger charge is 2.29. The largest absolute Gasteiger partial charge is 0.478 e. The number of aldehydes is 1. The molecule has 1 heterocycles. The van der Waals surface area contributed by atoms with E-state index in [-0.39, 0.29) is 12.0 Å². The van der Waals surface area contributed by atoms with E-state index in [0.29, 0.717) is 11.2 Å². The zero-order valence-corrected chi connectivity index (χ0v) is 8.37. The molecule has 14 heavy (non-hydrogen) atoms. The predicted octanol–water partition coefficient (Wildman–Crippen LogP) is 1.24. The number of thiophene rings is 1. The second-order valence-electron chi connectivity index (χ2n) is 3.11. The van der Waals surface area contributed by atoms with Gasteiger partial charge in [-0.1, -0.05) is 0 Å². The summed E-state index contributed by atoms with van der Waals surface area (Å²) in [5, 5.41) is 20.2. The van der Waals surface area contributed by atoms with E-state index in [1.807, 2.05) is 0 Å². The molecule has 0 saturated carbocycles. The molecule has 0 radical (unpaired) electrons. The van der Waals surface area contributed by atoms with Gasteiger partial charge in [0.25, 0.3) is 0 Å². The summed E-state index contributed by atoms with van der Waals surface area (Å²) >= 11 is 1.14. The van der Waals surface area contributed by atoms with Gasteiger partial charge in [-0.3, -0.25) is 0 Å². The number of aromatic carboxylic acids is 1. The smallest absolute Gasteiger partial charge is 0.336 e. The van der Waals surface area contributed by atoms with Gasteiger partial charge in [0.1, 0.15) is 11.9 Å². The maximum Gasteiger partial charge on any atom is 0.336 e. The molecule has 1 unspecified atom stereocenters. The lowest BCUT2D eigenvalue weighted by Gasteiger charge is -2.19. The molecule has 1 atom stereocenters. The molecule has 0 aliphatic rings. The van der Waals surface area contributed by atoms with E-state index in [1.54, 1.807) is 5.38 Å². The lowest BCUT2D eigenvalue weighted by atomic mass is 9.98. The van der Waals surface area contributed by atoms with Crippen molar-refractivity contribution >= 4 is 23.6 Å².